The second-order valence-electron chi connectivity index (χ2n) is 3.16. The number of anilines is 1. The van der Waals surface area contributed by atoms with Crippen LogP contribution in [0.1, 0.15) is 6.42 Å². The minimum atomic E-state index is -3.49. The lowest BCUT2D eigenvalue weighted by Gasteiger charge is -2.06. The van der Waals surface area contributed by atoms with Crippen LogP contribution in [-0.2, 0) is 14.8 Å². The molecule has 7 heteroatoms. The fraction of sp³-hybridized carbons (Fsp3) is 0.444. The number of hydrogen-bond donors (Lipinski definition) is 2. The van der Waals surface area contributed by atoms with Crippen molar-refractivity contribution in [2.45, 2.75) is 11.3 Å². The molecule has 3 N–H and O–H groups in total. The minimum Gasteiger partial charge on any atom is -0.385 e. The van der Waals surface area contributed by atoms with Crippen LogP contribution in [0.25, 0.3) is 0 Å². The van der Waals surface area contributed by atoms with Gasteiger partial charge in [-0.05, 0) is 12.5 Å². The summed E-state index contributed by atoms with van der Waals surface area (Å²) in [6.45, 7) is 0.847. The summed E-state index contributed by atoms with van der Waals surface area (Å²) in [7, 11) is -1.92. The van der Waals surface area contributed by atoms with Crippen LogP contribution in [0.15, 0.2) is 23.2 Å². The molecule has 1 heterocycles. The Balaban J connectivity index is 2.64. The molecule has 0 radical (unpaired) electrons. The summed E-state index contributed by atoms with van der Waals surface area (Å²) < 4.78 is 30.7. The Hall–Kier alpha value is -1.18. The number of hydrogen-bond acceptors (Lipinski definition) is 5. The smallest absolute Gasteiger partial charge is 0.240 e. The van der Waals surface area contributed by atoms with Crippen LogP contribution in [0.5, 0.6) is 0 Å². The number of nitrogens with two attached hydrogens (primary N) is 1. The lowest BCUT2D eigenvalue weighted by molar-refractivity contribution is 0.196. The van der Waals surface area contributed by atoms with Crippen molar-refractivity contribution in [1.82, 2.24) is 9.71 Å². The molecular weight excluding hydrogens is 230 g/mol. The number of pyridine rings is 1. The van der Waals surface area contributed by atoms with E-state index >= 15 is 0 Å². The average Bonchev–Trinajstić information content (AvgIpc) is 2.24. The van der Waals surface area contributed by atoms with Crippen LogP contribution in [-0.4, -0.2) is 33.7 Å². The van der Waals surface area contributed by atoms with E-state index in [2.05, 4.69) is 9.71 Å². The van der Waals surface area contributed by atoms with Gasteiger partial charge in [-0.1, -0.05) is 0 Å². The molecule has 0 aliphatic carbocycles. The summed E-state index contributed by atoms with van der Waals surface area (Å²) >= 11 is 0. The van der Waals surface area contributed by atoms with Crippen molar-refractivity contribution in [1.29, 1.82) is 0 Å². The van der Waals surface area contributed by atoms with Gasteiger partial charge in [0.25, 0.3) is 0 Å². The highest BCUT2D eigenvalue weighted by Crippen LogP contribution is 2.09. The minimum absolute atomic E-state index is 0.123. The summed E-state index contributed by atoms with van der Waals surface area (Å²) in [4.78, 5) is 3.85. The van der Waals surface area contributed by atoms with E-state index in [1.807, 2.05) is 0 Å². The molecule has 0 spiro atoms. The number of sulfonamides is 1. The Morgan fingerprint density at radius 2 is 2.31 bits per heavy atom. The van der Waals surface area contributed by atoms with Crippen molar-refractivity contribution in [3.8, 4) is 0 Å². The maximum Gasteiger partial charge on any atom is 0.240 e. The fourth-order valence-corrected chi connectivity index (χ4v) is 2.20. The maximum absolute atomic E-state index is 11.7. The zero-order chi connectivity index (χ0) is 12.0. The second-order valence-corrected chi connectivity index (χ2v) is 4.93. The molecule has 0 saturated carbocycles. The number of aromatic nitrogens is 1. The van der Waals surface area contributed by atoms with Crippen LogP contribution < -0.4 is 10.5 Å². The Kier molecular flexibility index (Phi) is 4.66. The molecule has 0 bridgehead atoms. The number of nitrogen functional groups attached to an aromatic ring is 1. The van der Waals surface area contributed by atoms with Gasteiger partial charge < -0.3 is 10.5 Å². The highest BCUT2D eigenvalue weighted by molar-refractivity contribution is 7.89. The van der Waals surface area contributed by atoms with Crippen molar-refractivity contribution < 1.29 is 13.2 Å². The highest BCUT2D eigenvalue weighted by Gasteiger charge is 2.13. The Labute approximate surface area is 94.9 Å². The molecule has 1 rings (SSSR count). The third-order valence-corrected chi connectivity index (χ3v) is 3.34. The largest absolute Gasteiger partial charge is 0.385 e. The molecule has 0 atom stereocenters. The highest BCUT2D eigenvalue weighted by atomic mass is 32.2. The van der Waals surface area contributed by atoms with Gasteiger partial charge in [-0.25, -0.2) is 18.1 Å². The van der Waals surface area contributed by atoms with Gasteiger partial charge in [0.05, 0.1) is 4.90 Å². The van der Waals surface area contributed by atoms with Crippen LogP contribution in [0, 0.1) is 0 Å². The van der Waals surface area contributed by atoms with E-state index in [0.29, 0.717) is 19.6 Å². The standard InChI is InChI=1S/C9H15N3O3S/c1-15-6-2-4-12-16(13,14)8-3-5-11-9(10)7-8/h3,5,7,12H,2,4,6H2,1H3,(H2,10,11). The molecular formula is C9H15N3O3S. The van der Waals surface area contributed by atoms with Crippen molar-refractivity contribution in [2.24, 2.45) is 0 Å². The summed E-state index contributed by atoms with van der Waals surface area (Å²) in [5.41, 5.74) is 5.41. The molecule has 1 aromatic rings. The number of nitrogens with one attached hydrogen (secondary N) is 1. The SMILES string of the molecule is COCCCNS(=O)(=O)c1ccnc(N)c1. The first-order valence-corrected chi connectivity index (χ1v) is 6.25. The van der Waals surface area contributed by atoms with E-state index in [9.17, 15) is 8.42 Å². The summed E-state index contributed by atoms with van der Waals surface area (Å²) in [6, 6.07) is 2.72. The predicted octanol–water partition coefficient (Wildman–Crippen LogP) is -0.0214. The van der Waals surface area contributed by atoms with E-state index in [1.165, 1.54) is 18.3 Å². The number of rotatable bonds is 6. The topological polar surface area (TPSA) is 94.3 Å². The molecule has 90 valence electrons. The Bertz CT molecular complexity index is 433. The number of methoxy groups -OCH3 is 1. The van der Waals surface area contributed by atoms with Crippen molar-refractivity contribution in [3.63, 3.8) is 0 Å². The van der Waals surface area contributed by atoms with Crippen molar-refractivity contribution in [3.05, 3.63) is 18.3 Å². The van der Waals surface area contributed by atoms with Crippen LogP contribution in [0.3, 0.4) is 0 Å². The Morgan fingerprint density at radius 1 is 1.56 bits per heavy atom. The zero-order valence-electron chi connectivity index (χ0n) is 9.01. The molecule has 1 aromatic heterocycles. The first kappa shape index (κ1) is 12.9. The quantitative estimate of drug-likeness (QED) is 0.687. The van der Waals surface area contributed by atoms with Crippen LogP contribution >= 0.6 is 0 Å². The zero-order valence-corrected chi connectivity index (χ0v) is 9.83. The van der Waals surface area contributed by atoms with Crippen molar-refractivity contribution >= 4 is 15.8 Å². The Morgan fingerprint density at radius 3 is 2.94 bits per heavy atom. The third kappa shape index (κ3) is 3.76. The van der Waals surface area contributed by atoms with Gasteiger partial charge in [0, 0.05) is 32.5 Å². The van der Waals surface area contributed by atoms with Gasteiger partial charge in [0.15, 0.2) is 0 Å². The van der Waals surface area contributed by atoms with E-state index in [-0.39, 0.29) is 10.7 Å². The van der Waals surface area contributed by atoms with E-state index in [4.69, 9.17) is 10.5 Å². The molecule has 6 nitrogen and oxygen atoms in total. The first-order valence-electron chi connectivity index (χ1n) is 4.76. The average molecular weight is 245 g/mol. The van der Waals surface area contributed by atoms with Gasteiger partial charge in [-0.3, -0.25) is 0 Å². The monoisotopic (exact) mass is 245 g/mol. The summed E-state index contributed by atoms with van der Waals surface area (Å²) in [5.74, 6) is 0.180. The molecule has 0 aliphatic rings. The first-order chi connectivity index (χ1) is 7.56. The molecule has 0 amide bonds. The predicted molar refractivity (Wildman–Crippen MR) is 60.3 cm³/mol. The lowest BCUT2D eigenvalue weighted by atomic mass is 10.5. The summed E-state index contributed by atoms with van der Waals surface area (Å²) in [5, 5.41) is 0. The molecule has 0 aliphatic heterocycles. The van der Waals surface area contributed by atoms with Gasteiger partial charge in [0.2, 0.25) is 10.0 Å². The normalized spacial score (nSPS) is 11.6. The third-order valence-electron chi connectivity index (χ3n) is 1.88. The van der Waals surface area contributed by atoms with Crippen molar-refractivity contribution in [2.75, 3.05) is 26.0 Å². The van der Waals surface area contributed by atoms with Gasteiger partial charge in [-0.2, -0.15) is 0 Å². The second kappa shape index (κ2) is 5.78. The molecule has 0 aromatic carbocycles. The van der Waals surface area contributed by atoms with Crippen LogP contribution in [0.4, 0.5) is 5.82 Å². The van der Waals surface area contributed by atoms with Gasteiger partial charge in [0.1, 0.15) is 5.82 Å². The fourth-order valence-electron chi connectivity index (χ4n) is 1.10. The van der Waals surface area contributed by atoms with E-state index in [1.54, 1.807) is 7.11 Å². The molecule has 0 fully saturated rings. The number of ether oxygens (including phenoxy) is 1. The van der Waals surface area contributed by atoms with Gasteiger partial charge in [-0.15, -0.1) is 0 Å². The lowest BCUT2D eigenvalue weighted by Crippen LogP contribution is -2.25. The van der Waals surface area contributed by atoms with E-state index < -0.39 is 10.0 Å². The molecule has 0 saturated heterocycles. The summed E-state index contributed by atoms with van der Waals surface area (Å²) in [6.07, 6.45) is 1.98. The van der Waals surface area contributed by atoms with Crippen LogP contribution in [0.2, 0.25) is 0 Å². The maximum atomic E-state index is 11.7. The van der Waals surface area contributed by atoms with E-state index in [0.717, 1.165) is 0 Å². The molecule has 16 heavy (non-hydrogen) atoms. The molecule has 0 unspecified atom stereocenters. The van der Waals surface area contributed by atoms with Gasteiger partial charge >= 0.3 is 0 Å². The number of nitrogens with zero attached hydrogens (tertiary/aromatic N) is 1.